The van der Waals surface area contributed by atoms with Crippen LogP contribution in [0.4, 0.5) is 0 Å². The molecule has 1 N–H and O–H groups in total. The lowest BCUT2D eigenvalue weighted by molar-refractivity contribution is 0.0657. The van der Waals surface area contributed by atoms with Gasteiger partial charge in [-0.3, -0.25) is 10.2 Å². The smallest absolute Gasteiger partial charge is 0.286 e. The van der Waals surface area contributed by atoms with Crippen LogP contribution in [0, 0.1) is 0 Å². The van der Waals surface area contributed by atoms with Crippen molar-refractivity contribution in [2.24, 2.45) is 0 Å². The van der Waals surface area contributed by atoms with Crippen LogP contribution in [0.2, 0.25) is 5.15 Å². The second-order valence-corrected chi connectivity index (χ2v) is 4.36. The van der Waals surface area contributed by atoms with E-state index in [0.29, 0.717) is 0 Å². The van der Waals surface area contributed by atoms with Gasteiger partial charge in [-0.05, 0) is 19.2 Å². The first-order chi connectivity index (χ1) is 8.15. The number of carbonyl (C=O) groups is 1. The van der Waals surface area contributed by atoms with Crippen LogP contribution in [0.1, 0.15) is 10.5 Å². The van der Waals surface area contributed by atoms with Crippen molar-refractivity contribution in [1.82, 2.24) is 25.5 Å². The summed E-state index contributed by atoms with van der Waals surface area (Å²) in [6.07, 6.45) is 0. The van der Waals surface area contributed by atoms with Gasteiger partial charge in [0.05, 0.1) is 0 Å². The van der Waals surface area contributed by atoms with E-state index in [2.05, 4.69) is 27.6 Å². The van der Waals surface area contributed by atoms with E-state index in [-0.39, 0.29) is 16.8 Å². The molecule has 1 aliphatic heterocycles. The van der Waals surface area contributed by atoms with Gasteiger partial charge in [0.25, 0.3) is 5.91 Å². The molecule has 0 atom stereocenters. The van der Waals surface area contributed by atoms with E-state index in [1.165, 1.54) is 0 Å². The number of piperazine rings is 1. The molecule has 0 spiro atoms. The van der Waals surface area contributed by atoms with Gasteiger partial charge in [-0.15, -0.1) is 10.2 Å². The maximum Gasteiger partial charge on any atom is 0.286 e. The molecule has 17 heavy (non-hydrogen) atoms. The van der Waals surface area contributed by atoms with Gasteiger partial charge in [0.15, 0.2) is 10.8 Å². The normalized spacial score (nSPS) is 18.0. The number of nitrogens with zero attached hydrogens (tertiary/aromatic N) is 4. The van der Waals surface area contributed by atoms with E-state index in [4.69, 9.17) is 11.6 Å². The highest BCUT2D eigenvalue weighted by Gasteiger charge is 2.17. The second kappa shape index (κ2) is 5.39. The molecule has 0 radical (unpaired) electrons. The second-order valence-electron chi connectivity index (χ2n) is 3.97. The van der Waals surface area contributed by atoms with E-state index in [1.54, 1.807) is 12.1 Å². The van der Waals surface area contributed by atoms with Crippen molar-refractivity contribution in [3.8, 4) is 0 Å². The molecule has 0 saturated carbocycles. The van der Waals surface area contributed by atoms with E-state index in [9.17, 15) is 4.79 Å². The summed E-state index contributed by atoms with van der Waals surface area (Å²) in [6.45, 7) is 3.49. The van der Waals surface area contributed by atoms with Gasteiger partial charge in [0.2, 0.25) is 0 Å². The fourth-order valence-corrected chi connectivity index (χ4v) is 1.66. The molecule has 1 fully saturated rings. The molecule has 0 aromatic carbocycles. The predicted molar refractivity (Wildman–Crippen MR) is 63.6 cm³/mol. The number of aromatic nitrogens is 2. The van der Waals surface area contributed by atoms with E-state index < -0.39 is 0 Å². The van der Waals surface area contributed by atoms with Crippen LogP contribution in [-0.4, -0.2) is 59.2 Å². The third kappa shape index (κ3) is 3.36. The Morgan fingerprint density at radius 1 is 1.29 bits per heavy atom. The number of carbonyl (C=O) groups excluding carboxylic acids is 1. The largest absolute Gasteiger partial charge is 0.304 e. The van der Waals surface area contributed by atoms with Crippen molar-refractivity contribution >= 4 is 17.5 Å². The Hall–Kier alpha value is -1.24. The van der Waals surface area contributed by atoms with Crippen LogP contribution in [-0.2, 0) is 0 Å². The molecule has 1 aromatic heterocycles. The highest BCUT2D eigenvalue weighted by molar-refractivity contribution is 6.29. The molecule has 1 amide bonds. The molecule has 1 saturated heterocycles. The number of hydrogen-bond acceptors (Lipinski definition) is 5. The minimum Gasteiger partial charge on any atom is -0.304 e. The standard InChI is InChI=1S/C10H14ClN5O/c1-15-4-6-16(7-5-15)14-10(17)8-2-3-9(11)13-12-8/h2-3H,4-7H2,1H3,(H,14,17). The number of hydrazine groups is 1. The van der Waals surface area contributed by atoms with Crippen molar-refractivity contribution in [1.29, 1.82) is 0 Å². The monoisotopic (exact) mass is 255 g/mol. The summed E-state index contributed by atoms with van der Waals surface area (Å²) in [7, 11) is 2.06. The van der Waals surface area contributed by atoms with Gasteiger partial charge in [0.1, 0.15) is 0 Å². The number of halogens is 1. The molecule has 1 aliphatic rings. The van der Waals surface area contributed by atoms with Crippen LogP contribution in [0.25, 0.3) is 0 Å². The molecular weight excluding hydrogens is 242 g/mol. The zero-order valence-corrected chi connectivity index (χ0v) is 10.3. The lowest BCUT2D eigenvalue weighted by Gasteiger charge is -2.32. The minimum absolute atomic E-state index is 0.251. The van der Waals surface area contributed by atoms with E-state index in [0.717, 1.165) is 26.2 Å². The maximum absolute atomic E-state index is 11.8. The topological polar surface area (TPSA) is 61.4 Å². The number of hydrogen-bond donors (Lipinski definition) is 1. The third-order valence-corrected chi connectivity index (χ3v) is 2.83. The van der Waals surface area contributed by atoms with Gasteiger partial charge >= 0.3 is 0 Å². The Bertz CT molecular complexity index is 388. The number of likely N-dealkylation sites (N-methyl/N-ethyl adjacent to an activating group) is 1. The molecule has 7 heteroatoms. The average molecular weight is 256 g/mol. The van der Waals surface area contributed by atoms with E-state index in [1.807, 2.05) is 5.01 Å². The lowest BCUT2D eigenvalue weighted by Crippen LogP contribution is -2.52. The molecule has 1 aromatic rings. The van der Waals surface area contributed by atoms with Crippen LogP contribution < -0.4 is 5.43 Å². The Kier molecular flexibility index (Phi) is 3.88. The van der Waals surface area contributed by atoms with Crippen molar-refractivity contribution in [2.75, 3.05) is 33.2 Å². The quantitative estimate of drug-likeness (QED) is 0.808. The van der Waals surface area contributed by atoms with Gasteiger partial charge in [-0.1, -0.05) is 11.6 Å². The average Bonchev–Trinajstić information content (AvgIpc) is 2.33. The summed E-state index contributed by atoms with van der Waals surface area (Å²) in [5, 5.41) is 9.53. The fraction of sp³-hybridized carbons (Fsp3) is 0.500. The van der Waals surface area contributed by atoms with Gasteiger partial charge < -0.3 is 4.90 Å². The Balaban J connectivity index is 1.91. The Labute approximate surface area is 105 Å². The molecule has 6 nitrogen and oxygen atoms in total. The van der Waals surface area contributed by atoms with E-state index >= 15 is 0 Å². The molecule has 0 unspecified atom stereocenters. The summed E-state index contributed by atoms with van der Waals surface area (Å²) >= 11 is 5.60. The zero-order valence-electron chi connectivity index (χ0n) is 9.56. The number of rotatable bonds is 2. The number of amides is 1. The van der Waals surface area contributed by atoms with Crippen molar-refractivity contribution < 1.29 is 4.79 Å². The first kappa shape index (κ1) is 12.2. The van der Waals surface area contributed by atoms with Crippen LogP contribution in [0.3, 0.4) is 0 Å². The van der Waals surface area contributed by atoms with Gasteiger partial charge in [-0.2, -0.15) is 0 Å². The molecule has 92 valence electrons. The molecule has 0 bridgehead atoms. The Morgan fingerprint density at radius 2 is 2.00 bits per heavy atom. The minimum atomic E-state index is -0.251. The summed E-state index contributed by atoms with van der Waals surface area (Å²) < 4.78 is 0. The zero-order chi connectivity index (χ0) is 12.3. The molecule has 0 aliphatic carbocycles. The van der Waals surface area contributed by atoms with Crippen LogP contribution in [0.5, 0.6) is 0 Å². The van der Waals surface area contributed by atoms with Crippen molar-refractivity contribution in [2.45, 2.75) is 0 Å². The maximum atomic E-state index is 11.8. The summed E-state index contributed by atoms with van der Waals surface area (Å²) in [5.74, 6) is -0.251. The lowest BCUT2D eigenvalue weighted by atomic mass is 10.3. The molecule has 2 heterocycles. The Morgan fingerprint density at radius 3 is 2.59 bits per heavy atom. The molecular formula is C10H14ClN5O. The van der Waals surface area contributed by atoms with Gasteiger partial charge in [0, 0.05) is 26.2 Å². The van der Waals surface area contributed by atoms with Gasteiger partial charge in [-0.25, -0.2) is 5.01 Å². The SMILES string of the molecule is CN1CCN(NC(=O)c2ccc(Cl)nn2)CC1. The van der Waals surface area contributed by atoms with Crippen molar-refractivity contribution in [3.05, 3.63) is 23.0 Å². The fourth-order valence-electron chi connectivity index (χ4n) is 1.56. The van der Waals surface area contributed by atoms with Crippen LogP contribution >= 0.6 is 11.6 Å². The highest BCUT2D eigenvalue weighted by atomic mass is 35.5. The van der Waals surface area contributed by atoms with Crippen LogP contribution in [0.15, 0.2) is 12.1 Å². The van der Waals surface area contributed by atoms with Crippen molar-refractivity contribution in [3.63, 3.8) is 0 Å². The first-order valence-electron chi connectivity index (χ1n) is 5.39. The number of nitrogens with one attached hydrogen (secondary N) is 1. The highest BCUT2D eigenvalue weighted by Crippen LogP contribution is 2.03. The summed E-state index contributed by atoms with van der Waals surface area (Å²) in [6, 6.07) is 3.11. The third-order valence-electron chi connectivity index (χ3n) is 2.63. The first-order valence-corrected chi connectivity index (χ1v) is 5.76. The predicted octanol–water partition coefficient (Wildman–Crippen LogP) is 0.0222. The molecule has 2 rings (SSSR count). The summed E-state index contributed by atoms with van der Waals surface area (Å²) in [4.78, 5) is 14.0. The summed E-state index contributed by atoms with van der Waals surface area (Å²) in [5.41, 5.74) is 3.07.